The molecule has 0 saturated heterocycles. The summed E-state index contributed by atoms with van der Waals surface area (Å²) in [5.41, 5.74) is 1.60. The fourth-order valence-corrected chi connectivity index (χ4v) is 1.99. The molecule has 0 radical (unpaired) electrons. The smallest absolute Gasteiger partial charge is 0.338 e. The molecule has 0 bridgehead atoms. The van der Waals surface area contributed by atoms with Gasteiger partial charge in [-0.1, -0.05) is 30.3 Å². The van der Waals surface area contributed by atoms with Crippen molar-refractivity contribution < 1.29 is 14.6 Å². The second kappa shape index (κ2) is 4.97. The van der Waals surface area contributed by atoms with E-state index < -0.39 is 0 Å². The van der Waals surface area contributed by atoms with Crippen LogP contribution >= 0.6 is 0 Å². The van der Waals surface area contributed by atoms with Gasteiger partial charge in [0.25, 0.3) is 0 Å². The first-order valence-electron chi connectivity index (χ1n) is 5.47. The van der Waals surface area contributed by atoms with Crippen LogP contribution in [0.2, 0.25) is 0 Å². The fourth-order valence-electron chi connectivity index (χ4n) is 1.99. The highest BCUT2D eigenvalue weighted by Gasteiger charge is 2.11. The average molecular weight is 230 g/mol. The Morgan fingerprint density at radius 3 is 2.53 bits per heavy atom. The lowest BCUT2D eigenvalue weighted by Gasteiger charge is -2.09. The fraction of sp³-hybridized carbons (Fsp3) is 0.214. The number of carbonyl (C=O) groups excluding carboxylic acids is 1. The van der Waals surface area contributed by atoms with E-state index in [0.29, 0.717) is 12.0 Å². The number of carbonyl (C=O) groups is 1. The Kier molecular flexibility index (Phi) is 3.40. The van der Waals surface area contributed by atoms with E-state index in [1.54, 1.807) is 6.07 Å². The van der Waals surface area contributed by atoms with Crippen molar-refractivity contribution >= 4 is 16.7 Å². The largest absolute Gasteiger partial charge is 0.465 e. The number of aliphatic hydroxyl groups excluding tert-OH is 1. The van der Waals surface area contributed by atoms with Crippen molar-refractivity contribution in [1.29, 1.82) is 0 Å². The monoisotopic (exact) mass is 230 g/mol. The van der Waals surface area contributed by atoms with Crippen molar-refractivity contribution in [3.05, 3.63) is 47.5 Å². The zero-order chi connectivity index (χ0) is 12.3. The Morgan fingerprint density at radius 1 is 1.18 bits per heavy atom. The maximum atomic E-state index is 11.6. The van der Waals surface area contributed by atoms with E-state index in [4.69, 9.17) is 9.84 Å². The van der Waals surface area contributed by atoms with Crippen molar-refractivity contribution in [2.24, 2.45) is 0 Å². The summed E-state index contributed by atoms with van der Waals surface area (Å²) in [4.78, 5) is 11.6. The highest BCUT2D eigenvalue weighted by Crippen LogP contribution is 2.23. The standard InChI is InChI=1S/C14H14O3/c1-17-14(16)13-7-6-10(8-9-15)11-4-2-3-5-12(11)13/h2-7,15H,8-9H2,1H3. The van der Waals surface area contributed by atoms with Crippen LogP contribution in [0.5, 0.6) is 0 Å². The third-order valence-electron chi connectivity index (χ3n) is 2.80. The number of methoxy groups -OCH3 is 1. The molecule has 0 fully saturated rings. The van der Waals surface area contributed by atoms with Gasteiger partial charge in [0.2, 0.25) is 0 Å². The lowest BCUT2D eigenvalue weighted by Crippen LogP contribution is -2.03. The summed E-state index contributed by atoms with van der Waals surface area (Å²) >= 11 is 0. The molecule has 0 unspecified atom stereocenters. The van der Waals surface area contributed by atoms with E-state index in [2.05, 4.69) is 0 Å². The lowest BCUT2D eigenvalue weighted by atomic mass is 9.98. The van der Waals surface area contributed by atoms with Crippen molar-refractivity contribution in [1.82, 2.24) is 0 Å². The minimum absolute atomic E-state index is 0.0988. The number of fused-ring (bicyclic) bond motifs is 1. The zero-order valence-electron chi connectivity index (χ0n) is 9.64. The summed E-state index contributed by atoms with van der Waals surface area (Å²) in [6.07, 6.45) is 0.585. The topological polar surface area (TPSA) is 46.5 Å². The molecule has 0 saturated carbocycles. The molecular formula is C14H14O3. The molecule has 17 heavy (non-hydrogen) atoms. The quantitative estimate of drug-likeness (QED) is 0.822. The van der Waals surface area contributed by atoms with Gasteiger partial charge >= 0.3 is 5.97 Å². The molecule has 0 atom stereocenters. The number of hydrogen-bond acceptors (Lipinski definition) is 3. The molecule has 0 aromatic heterocycles. The van der Waals surface area contributed by atoms with Crippen LogP contribution in [0.15, 0.2) is 36.4 Å². The van der Waals surface area contributed by atoms with Gasteiger partial charge in [-0.15, -0.1) is 0 Å². The van der Waals surface area contributed by atoms with Crippen LogP contribution in [0.1, 0.15) is 15.9 Å². The highest BCUT2D eigenvalue weighted by molar-refractivity contribution is 6.05. The Bertz CT molecular complexity index is 546. The van der Waals surface area contributed by atoms with Crippen molar-refractivity contribution in [3.63, 3.8) is 0 Å². The van der Waals surface area contributed by atoms with Gasteiger partial charge in [-0.05, 0) is 28.8 Å². The van der Waals surface area contributed by atoms with Gasteiger partial charge in [-0.25, -0.2) is 4.79 Å². The molecule has 0 amide bonds. The molecule has 2 aromatic rings. The lowest BCUT2D eigenvalue weighted by molar-refractivity contribution is 0.0603. The van der Waals surface area contributed by atoms with E-state index in [9.17, 15) is 4.79 Å². The first kappa shape index (κ1) is 11.6. The Labute approximate surface area is 99.6 Å². The molecule has 88 valence electrons. The summed E-state index contributed by atoms with van der Waals surface area (Å²) in [5, 5.41) is 10.9. The van der Waals surface area contributed by atoms with E-state index >= 15 is 0 Å². The van der Waals surface area contributed by atoms with Gasteiger partial charge in [0, 0.05) is 6.61 Å². The average Bonchev–Trinajstić information content (AvgIpc) is 2.38. The zero-order valence-corrected chi connectivity index (χ0v) is 9.64. The van der Waals surface area contributed by atoms with Crippen LogP contribution in [0.25, 0.3) is 10.8 Å². The van der Waals surface area contributed by atoms with E-state index in [1.807, 2.05) is 30.3 Å². The molecule has 0 aliphatic heterocycles. The summed E-state index contributed by atoms with van der Waals surface area (Å²) < 4.78 is 4.76. The van der Waals surface area contributed by atoms with Gasteiger partial charge < -0.3 is 9.84 Å². The van der Waals surface area contributed by atoms with Gasteiger partial charge in [0.05, 0.1) is 12.7 Å². The number of rotatable bonds is 3. The Balaban J connectivity index is 2.66. The maximum absolute atomic E-state index is 11.6. The molecule has 1 N–H and O–H groups in total. The number of benzene rings is 2. The molecule has 3 heteroatoms. The predicted molar refractivity (Wildman–Crippen MR) is 66.1 cm³/mol. The van der Waals surface area contributed by atoms with E-state index in [-0.39, 0.29) is 12.6 Å². The summed E-state index contributed by atoms with van der Waals surface area (Å²) in [7, 11) is 1.37. The van der Waals surface area contributed by atoms with Crippen LogP contribution in [0.3, 0.4) is 0 Å². The molecular weight excluding hydrogens is 216 g/mol. The SMILES string of the molecule is COC(=O)c1ccc(CCO)c2ccccc12. The van der Waals surface area contributed by atoms with Crippen LogP contribution < -0.4 is 0 Å². The number of hydrogen-bond donors (Lipinski definition) is 1. The van der Waals surface area contributed by atoms with E-state index in [1.165, 1.54) is 7.11 Å². The molecule has 2 rings (SSSR count). The predicted octanol–water partition coefficient (Wildman–Crippen LogP) is 2.16. The first-order valence-corrected chi connectivity index (χ1v) is 5.47. The van der Waals surface area contributed by atoms with Gasteiger partial charge in [0.1, 0.15) is 0 Å². The molecule has 0 aliphatic carbocycles. The van der Waals surface area contributed by atoms with Crippen LogP contribution in [-0.2, 0) is 11.2 Å². The number of aliphatic hydroxyl groups is 1. The van der Waals surface area contributed by atoms with Gasteiger partial charge in [0.15, 0.2) is 0 Å². The third kappa shape index (κ3) is 2.15. The van der Waals surface area contributed by atoms with Crippen LogP contribution in [0, 0.1) is 0 Å². The molecule has 0 heterocycles. The van der Waals surface area contributed by atoms with Crippen molar-refractivity contribution in [2.45, 2.75) is 6.42 Å². The van der Waals surface area contributed by atoms with Crippen LogP contribution in [0.4, 0.5) is 0 Å². The Morgan fingerprint density at radius 2 is 1.88 bits per heavy atom. The second-order valence-electron chi connectivity index (χ2n) is 3.78. The number of esters is 1. The molecule has 3 nitrogen and oxygen atoms in total. The van der Waals surface area contributed by atoms with Crippen molar-refractivity contribution in [2.75, 3.05) is 13.7 Å². The summed E-state index contributed by atoms with van der Waals surface area (Å²) in [6, 6.07) is 11.3. The minimum atomic E-state index is -0.336. The van der Waals surface area contributed by atoms with E-state index in [0.717, 1.165) is 16.3 Å². The maximum Gasteiger partial charge on any atom is 0.338 e. The Hall–Kier alpha value is -1.87. The molecule has 0 spiro atoms. The van der Waals surface area contributed by atoms with Crippen LogP contribution in [-0.4, -0.2) is 24.8 Å². The first-order chi connectivity index (χ1) is 8.27. The summed E-state index contributed by atoms with van der Waals surface area (Å²) in [6.45, 7) is 0.0988. The summed E-state index contributed by atoms with van der Waals surface area (Å²) in [5.74, 6) is -0.336. The molecule has 2 aromatic carbocycles. The highest BCUT2D eigenvalue weighted by atomic mass is 16.5. The van der Waals surface area contributed by atoms with Crippen molar-refractivity contribution in [3.8, 4) is 0 Å². The third-order valence-corrected chi connectivity index (χ3v) is 2.80. The minimum Gasteiger partial charge on any atom is -0.465 e. The van der Waals surface area contributed by atoms with Gasteiger partial charge in [-0.2, -0.15) is 0 Å². The normalized spacial score (nSPS) is 10.5. The number of ether oxygens (including phenoxy) is 1. The van der Waals surface area contributed by atoms with Gasteiger partial charge in [-0.3, -0.25) is 0 Å². The molecule has 0 aliphatic rings. The second-order valence-corrected chi connectivity index (χ2v) is 3.78.